The zero-order chi connectivity index (χ0) is 9.97. The van der Waals surface area contributed by atoms with Crippen molar-refractivity contribution in [3.63, 3.8) is 0 Å². The standard InChI is InChI=1S/C12H24N2/c1-3-14(11-8-13-9-11)12-7-5-4-6-10(12)2/h10-13H,3-9H2,1-2H3. The van der Waals surface area contributed by atoms with Gasteiger partial charge in [0, 0.05) is 25.2 Å². The summed E-state index contributed by atoms with van der Waals surface area (Å²) in [7, 11) is 0. The molecule has 1 saturated carbocycles. The summed E-state index contributed by atoms with van der Waals surface area (Å²) in [6.45, 7) is 8.44. The maximum absolute atomic E-state index is 3.39. The second kappa shape index (κ2) is 4.63. The van der Waals surface area contributed by atoms with Crippen molar-refractivity contribution in [1.82, 2.24) is 10.2 Å². The Labute approximate surface area is 88.1 Å². The molecule has 2 rings (SSSR count). The molecule has 1 aliphatic carbocycles. The SMILES string of the molecule is CCN(C1CNC1)C1CCCCC1C. The van der Waals surface area contributed by atoms with Crippen molar-refractivity contribution in [2.75, 3.05) is 19.6 Å². The van der Waals surface area contributed by atoms with Gasteiger partial charge in [0.05, 0.1) is 0 Å². The molecule has 0 amide bonds. The molecule has 14 heavy (non-hydrogen) atoms. The van der Waals surface area contributed by atoms with E-state index in [0.717, 1.165) is 18.0 Å². The van der Waals surface area contributed by atoms with Gasteiger partial charge in [-0.1, -0.05) is 26.7 Å². The first kappa shape index (κ1) is 10.4. The van der Waals surface area contributed by atoms with Crippen LogP contribution in [0.25, 0.3) is 0 Å². The van der Waals surface area contributed by atoms with Crippen LogP contribution >= 0.6 is 0 Å². The maximum atomic E-state index is 3.39. The molecule has 82 valence electrons. The lowest BCUT2D eigenvalue weighted by atomic mass is 9.84. The lowest BCUT2D eigenvalue weighted by molar-refractivity contribution is 0.0502. The number of hydrogen-bond acceptors (Lipinski definition) is 2. The lowest BCUT2D eigenvalue weighted by Crippen LogP contribution is -2.61. The normalized spacial score (nSPS) is 34.5. The molecule has 1 heterocycles. The topological polar surface area (TPSA) is 15.3 Å². The Kier molecular flexibility index (Phi) is 3.45. The Morgan fingerprint density at radius 3 is 2.43 bits per heavy atom. The molecule has 0 spiro atoms. The van der Waals surface area contributed by atoms with Crippen molar-refractivity contribution < 1.29 is 0 Å². The second-order valence-electron chi connectivity index (χ2n) is 4.97. The molecule has 2 nitrogen and oxygen atoms in total. The van der Waals surface area contributed by atoms with E-state index in [2.05, 4.69) is 24.1 Å². The number of rotatable bonds is 3. The molecule has 1 aliphatic heterocycles. The molecule has 0 aromatic carbocycles. The summed E-state index contributed by atoms with van der Waals surface area (Å²) in [5.74, 6) is 0.921. The van der Waals surface area contributed by atoms with E-state index in [0.29, 0.717) is 0 Å². The molecular formula is C12H24N2. The summed E-state index contributed by atoms with van der Waals surface area (Å²) in [4.78, 5) is 2.75. The Bertz CT molecular complexity index is 175. The first-order valence-electron chi connectivity index (χ1n) is 6.29. The average Bonchev–Trinajstić information content (AvgIpc) is 2.12. The Morgan fingerprint density at radius 2 is 1.93 bits per heavy atom. The zero-order valence-corrected chi connectivity index (χ0v) is 9.63. The predicted octanol–water partition coefficient (Wildman–Crippen LogP) is 1.86. The summed E-state index contributed by atoms with van der Waals surface area (Å²) in [6.07, 6.45) is 5.79. The first-order valence-corrected chi connectivity index (χ1v) is 6.29. The highest BCUT2D eigenvalue weighted by Crippen LogP contribution is 2.29. The van der Waals surface area contributed by atoms with E-state index in [1.165, 1.54) is 45.3 Å². The molecule has 0 aromatic heterocycles. The van der Waals surface area contributed by atoms with Gasteiger partial charge < -0.3 is 5.32 Å². The van der Waals surface area contributed by atoms with Crippen molar-refractivity contribution in [1.29, 1.82) is 0 Å². The van der Waals surface area contributed by atoms with E-state index >= 15 is 0 Å². The van der Waals surface area contributed by atoms with Gasteiger partial charge in [0.2, 0.25) is 0 Å². The molecule has 2 heteroatoms. The van der Waals surface area contributed by atoms with Crippen molar-refractivity contribution in [2.45, 2.75) is 51.6 Å². The van der Waals surface area contributed by atoms with Gasteiger partial charge in [0.15, 0.2) is 0 Å². The van der Waals surface area contributed by atoms with Gasteiger partial charge in [-0.05, 0) is 25.3 Å². The minimum absolute atomic E-state index is 0.838. The molecular weight excluding hydrogens is 172 g/mol. The van der Waals surface area contributed by atoms with E-state index in [1.54, 1.807) is 0 Å². The molecule has 0 bridgehead atoms. The van der Waals surface area contributed by atoms with Gasteiger partial charge in [0.1, 0.15) is 0 Å². The van der Waals surface area contributed by atoms with Gasteiger partial charge in [-0.2, -0.15) is 0 Å². The number of nitrogens with one attached hydrogen (secondary N) is 1. The second-order valence-corrected chi connectivity index (χ2v) is 4.97. The highest BCUT2D eigenvalue weighted by atomic mass is 15.3. The molecule has 2 aliphatic rings. The third-order valence-corrected chi connectivity index (χ3v) is 4.09. The van der Waals surface area contributed by atoms with Gasteiger partial charge in [0.25, 0.3) is 0 Å². The van der Waals surface area contributed by atoms with Crippen molar-refractivity contribution in [3.8, 4) is 0 Å². The number of nitrogens with zero attached hydrogens (tertiary/aromatic N) is 1. The third kappa shape index (κ3) is 1.96. The van der Waals surface area contributed by atoms with E-state index in [9.17, 15) is 0 Å². The van der Waals surface area contributed by atoms with Crippen molar-refractivity contribution in [2.24, 2.45) is 5.92 Å². The Morgan fingerprint density at radius 1 is 1.21 bits per heavy atom. The lowest BCUT2D eigenvalue weighted by Gasteiger charge is -2.46. The summed E-state index contributed by atoms with van der Waals surface area (Å²) >= 11 is 0. The van der Waals surface area contributed by atoms with Crippen LogP contribution in [0.3, 0.4) is 0 Å². The van der Waals surface area contributed by atoms with Crippen LogP contribution in [0.4, 0.5) is 0 Å². The fourth-order valence-electron chi connectivity index (χ4n) is 3.06. The predicted molar refractivity (Wildman–Crippen MR) is 60.5 cm³/mol. The van der Waals surface area contributed by atoms with Gasteiger partial charge in [-0.3, -0.25) is 4.90 Å². The molecule has 2 atom stereocenters. The van der Waals surface area contributed by atoms with Crippen LogP contribution in [0.15, 0.2) is 0 Å². The van der Waals surface area contributed by atoms with Crippen LogP contribution in [0.1, 0.15) is 39.5 Å². The number of hydrogen-bond donors (Lipinski definition) is 1. The highest BCUT2D eigenvalue weighted by molar-refractivity contribution is 4.90. The van der Waals surface area contributed by atoms with E-state index in [-0.39, 0.29) is 0 Å². The maximum Gasteiger partial charge on any atom is 0.0348 e. The summed E-state index contributed by atoms with van der Waals surface area (Å²) < 4.78 is 0. The monoisotopic (exact) mass is 196 g/mol. The van der Waals surface area contributed by atoms with Crippen molar-refractivity contribution >= 4 is 0 Å². The van der Waals surface area contributed by atoms with Crippen LogP contribution < -0.4 is 5.32 Å². The van der Waals surface area contributed by atoms with Crippen LogP contribution in [0, 0.1) is 5.92 Å². The molecule has 0 radical (unpaired) electrons. The fraction of sp³-hybridized carbons (Fsp3) is 1.00. The number of likely N-dealkylation sites (N-methyl/N-ethyl adjacent to an activating group) is 1. The van der Waals surface area contributed by atoms with Crippen molar-refractivity contribution in [3.05, 3.63) is 0 Å². The zero-order valence-electron chi connectivity index (χ0n) is 9.63. The smallest absolute Gasteiger partial charge is 0.0348 e. The Balaban J connectivity index is 1.94. The van der Waals surface area contributed by atoms with Crippen LogP contribution in [-0.4, -0.2) is 36.6 Å². The molecule has 1 N–H and O–H groups in total. The minimum Gasteiger partial charge on any atom is -0.314 e. The summed E-state index contributed by atoms with van der Waals surface area (Å²) in [5.41, 5.74) is 0. The Hall–Kier alpha value is -0.0800. The first-order chi connectivity index (χ1) is 6.83. The van der Waals surface area contributed by atoms with Crippen LogP contribution in [-0.2, 0) is 0 Å². The summed E-state index contributed by atoms with van der Waals surface area (Å²) in [6, 6.07) is 1.71. The molecule has 2 unspecified atom stereocenters. The van der Waals surface area contributed by atoms with Crippen LogP contribution in [0.2, 0.25) is 0 Å². The van der Waals surface area contributed by atoms with Gasteiger partial charge in [-0.15, -0.1) is 0 Å². The molecule has 1 saturated heterocycles. The van der Waals surface area contributed by atoms with E-state index < -0.39 is 0 Å². The summed E-state index contributed by atoms with van der Waals surface area (Å²) in [5, 5.41) is 3.39. The van der Waals surface area contributed by atoms with Gasteiger partial charge >= 0.3 is 0 Å². The molecule has 0 aromatic rings. The molecule has 2 fully saturated rings. The fourth-order valence-corrected chi connectivity index (χ4v) is 3.06. The van der Waals surface area contributed by atoms with Gasteiger partial charge in [-0.25, -0.2) is 0 Å². The van der Waals surface area contributed by atoms with E-state index in [1.807, 2.05) is 0 Å². The average molecular weight is 196 g/mol. The third-order valence-electron chi connectivity index (χ3n) is 4.09. The highest BCUT2D eigenvalue weighted by Gasteiger charge is 2.33. The minimum atomic E-state index is 0.838. The quantitative estimate of drug-likeness (QED) is 0.741. The largest absolute Gasteiger partial charge is 0.314 e. The van der Waals surface area contributed by atoms with Crippen LogP contribution in [0.5, 0.6) is 0 Å². The van der Waals surface area contributed by atoms with E-state index in [4.69, 9.17) is 0 Å².